The second-order valence-corrected chi connectivity index (χ2v) is 6.11. The predicted molar refractivity (Wildman–Crippen MR) is 87.3 cm³/mol. The lowest BCUT2D eigenvalue weighted by atomic mass is 10.1. The van der Waals surface area contributed by atoms with Crippen molar-refractivity contribution in [3.05, 3.63) is 46.5 Å². The normalized spacial score (nSPS) is 11.0. The van der Waals surface area contributed by atoms with Gasteiger partial charge in [-0.3, -0.25) is 0 Å². The molecule has 0 atom stereocenters. The number of aromatic hydroxyl groups is 1. The van der Waals surface area contributed by atoms with E-state index < -0.39 is 17.6 Å². The van der Waals surface area contributed by atoms with E-state index in [9.17, 15) is 18.7 Å². The summed E-state index contributed by atoms with van der Waals surface area (Å²) in [5.74, 6) is -2.97. The van der Waals surface area contributed by atoms with Crippen LogP contribution in [0.2, 0.25) is 0 Å². The molecule has 0 fully saturated rings. The number of hydrogen-bond acceptors (Lipinski definition) is 5. The van der Waals surface area contributed by atoms with Gasteiger partial charge in [0, 0.05) is 5.56 Å². The number of esters is 1. The third-order valence-electron chi connectivity index (χ3n) is 3.49. The summed E-state index contributed by atoms with van der Waals surface area (Å²) in [4.78, 5) is 16.6. The smallest absolute Gasteiger partial charge is 0.350 e. The molecule has 3 rings (SSSR count). The van der Waals surface area contributed by atoms with Crippen LogP contribution in [0.25, 0.3) is 21.3 Å². The number of fused-ring (bicyclic) bond motifs is 1. The van der Waals surface area contributed by atoms with E-state index in [1.165, 1.54) is 12.1 Å². The molecule has 1 heterocycles. The van der Waals surface area contributed by atoms with Crippen molar-refractivity contribution in [3.63, 3.8) is 0 Å². The van der Waals surface area contributed by atoms with Crippen molar-refractivity contribution in [2.45, 2.75) is 13.8 Å². The zero-order valence-corrected chi connectivity index (χ0v) is 13.7. The van der Waals surface area contributed by atoms with E-state index in [0.717, 1.165) is 17.4 Å². The number of aromatic nitrogens is 1. The van der Waals surface area contributed by atoms with Gasteiger partial charge in [0.15, 0.2) is 11.6 Å². The summed E-state index contributed by atoms with van der Waals surface area (Å²) in [6.07, 6.45) is 0. The van der Waals surface area contributed by atoms with Crippen LogP contribution in [0.1, 0.15) is 22.3 Å². The molecule has 0 amide bonds. The lowest BCUT2D eigenvalue weighted by Gasteiger charge is -2.06. The number of carbonyl (C=O) groups is 1. The van der Waals surface area contributed by atoms with Gasteiger partial charge in [-0.15, -0.1) is 11.3 Å². The highest BCUT2D eigenvalue weighted by atomic mass is 32.1. The Morgan fingerprint density at radius 3 is 2.79 bits per heavy atom. The first-order valence-corrected chi connectivity index (χ1v) is 7.99. The van der Waals surface area contributed by atoms with E-state index in [1.54, 1.807) is 19.9 Å². The fraction of sp³-hybridized carbons (Fsp3) is 0.176. The molecular weight excluding hydrogens is 336 g/mol. The van der Waals surface area contributed by atoms with Gasteiger partial charge in [0.2, 0.25) is 0 Å². The minimum absolute atomic E-state index is 0.183. The third kappa shape index (κ3) is 2.71. The van der Waals surface area contributed by atoms with Gasteiger partial charge < -0.3 is 9.84 Å². The van der Waals surface area contributed by atoms with Gasteiger partial charge in [-0.05, 0) is 37.4 Å². The number of carbonyl (C=O) groups excluding carboxylic acids is 1. The Labute approximate surface area is 140 Å². The first-order valence-electron chi connectivity index (χ1n) is 7.18. The highest BCUT2D eigenvalue weighted by Crippen LogP contribution is 2.36. The molecule has 0 saturated heterocycles. The minimum Gasteiger partial charge on any atom is -0.507 e. The Balaban J connectivity index is 2.12. The molecule has 0 unspecified atom stereocenters. The topological polar surface area (TPSA) is 59.4 Å². The number of rotatable bonds is 3. The van der Waals surface area contributed by atoms with Crippen LogP contribution in [-0.4, -0.2) is 22.7 Å². The molecular formula is C17H13F2NO3S. The van der Waals surface area contributed by atoms with Crippen LogP contribution < -0.4 is 0 Å². The quantitative estimate of drug-likeness (QED) is 0.711. The second-order valence-electron chi connectivity index (χ2n) is 5.11. The number of phenols is 1. The van der Waals surface area contributed by atoms with Crippen LogP contribution >= 0.6 is 11.3 Å². The summed E-state index contributed by atoms with van der Waals surface area (Å²) >= 11 is 1.12. The Morgan fingerprint density at radius 2 is 2.08 bits per heavy atom. The number of nitrogens with zero attached hydrogens (tertiary/aromatic N) is 1. The molecule has 0 saturated carbocycles. The van der Waals surface area contributed by atoms with Crippen molar-refractivity contribution < 1.29 is 23.4 Å². The molecule has 0 spiro atoms. The largest absolute Gasteiger partial charge is 0.507 e. The van der Waals surface area contributed by atoms with Crippen molar-refractivity contribution in [3.8, 4) is 16.3 Å². The molecule has 2 aromatic carbocycles. The fourth-order valence-corrected chi connectivity index (χ4v) is 3.35. The van der Waals surface area contributed by atoms with Gasteiger partial charge in [-0.25, -0.2) is 18.6 Å². The Hall–Kier alpha value is -2.54. The molecule has 124 valence electrons. The maximum atomic E-state index is 13.8. The number of halogens is 2. The number of benzene rings is 2. The van der Waals surface area contributed by atoms with Gasteiger partial charge in [-0.1, -0.05) is 6.07 Å². The molecule has 0 aliphatic rings. The molecule has 24 heavy (non-hydrogen) atoms. The standard InChI is InChI=1S/C17H13F2NO3S/c1-3-23-17(22)15-8(2)20-16(24-15)10-6-9-4-5-11(18)14(19)13(9)12(21)7-10/h4-7,21H,3H2,1-2H3. The van der Waals surface area contributed by atoms with Crippen LogP contribution in [0, 0.1) is 18.6 Å². The Kier molecular flexibility index (Phi) is 4.19. The number of phenolic OH excluding ortho intramolecular Hbond substituents is 1. The molecule has 0 radical (unpaired) electrons. The first-order chi connectivity index (χ1) is 11.4. The molecule has 0 aliphatic heterocycles. The zero-order chi connectivity index (χ0) is 17.4. The SMILES string of the molecule is CCOC(=O)c1sc(-c2cc(O)c3c(F)c(F)ccc3c2)nc1C. The lowest BCUT2D eigenvalue weighted by Crippen LogP contribution is -2.03. The maximum Gasteiger partial charge on any atom is 0.350 e. The van der Waals surface area contributed by atoms with Crippen LogP contribution in [-0.2, 0) is 4.74 Å². The second kappa shape index (κ2) is 6.16. The maximum absolute atomic E-state index is 13.8. The molecule has 0 bridgehead atoms. The first kappa shape index (κ1) is 16.3. The number of ether oxygens (including phenoxy) is 1. The predicted octanol–water partition coefficient (Wildman–Crippen LogP) is 4.43. The van der Waals surface area contributed by atoms with Gasteiger partial charge in [0.25, 0.3) is 0 Å². The summed E-state index contributed by atoms with van der Waals surface area (Å²) in [6.45, 7) is 3.65. The van der Waals surface area contributed by atoms with E-state index >= 15 is 0 Å². The van der Waals surface area contributed by atoms with Crippen LogP contribution in [0.15, 0.2) is 24.3 Å². The zero-order valence-electron chi connectivity index (χ0n) is 12.9. The van der Waals surface area contributed by atoms with Crippen molar-refractivity contribution in [2.24, 2.45) is 0 Å². The van der Waals surface area contributed by atoms with E-state index in [2.05, 4.69) is 4.98 Å². The molecule has 1 N–H and O–H groups in total. The lowest BCUT2D eigenvalue weighted by molar-refractivity contribution is 0.0531. The van der Waals surface area contributed by atoms with E-state index in [4.69, 9.17) is 4.74 Å². The molecule has 0 aliphatic carbocycles. The highest BCUT2D eigenvalue weighted by molar-refractivity contribution is 7.17. The molecule has 4 nitrogen and oxygen atoms in total. The minimum atomic E-state index is -1.10. The van der Waals surface area contributed by atoms with Crippen LogP contribution in [0.5, 0.6) is 5.75 Å². The van der Waals surface area contributed by atoms with Crippen molar-refractivity contribution in [2.75, 3.05) is 6.61 Å². The highest BCUT2D eigenvalue weighted by Gasteiger charge is 2.19. The van der Waals surface area contributed by atoms with Gasteiger partial charge in [0.05, 0.1) is 17.7 Å². The number of aryl methyl sites for hydroxylation is 1. The fourth-order valence-electron chi connectivity index (χ4n) is 2.40. The summed E-state index contributed by atoms with van der Waals surface area (Å²) in [5, 5.41) is 10.7. The van der Waals surface area contributed by atoms with Crippen molar-refractivity contribution >= 4 is 28.1 Å². The van der Waals surface area contributed by atoms with Gasteiger partial charge in [-0.2, -0.15) is 0 Å². The summed E-state index contributed by atoms with van der Waals surface area (Å²) in [5.41, 5.74) is 1.02. The van der Waals surface area contributed by atoms with E-state index in [1.807, 2.05) is 0 Å². The van der Waals surface area contributed by atoms with E-state index in [0.29, 0.717) is 26.5 Å². The Morgan fingerprint density at radius 1 is 1.33 bits per heavy atom. The summed E-state index contributed by atoms with van der Waals surface area (Å²) in [6, 6.07) is 5.27. The van der Waals surface area contributed by atoms with Gasteiger partial charge >= 0.3 is 5.97 Å². The van der Waals surface area contributed by atoms with Crippen molar-refractivity contribution in [1.29, 1.82) is 0 Å². The monoisotopic (exact) mass is 349 g/mol. The number of thiazole rings is 1. The molecule has 7 heteroatoms. The van der Waals surface area contributed by atoms with Crippen molar-refractivity contribution in [1.82, 2.24) is 4.98 Å². The average Bonchev–Trinajstić information content (AvgIpc) is 2.93. The third-order valence-corrected chi connectivity index (χ3v) is 4.68. The molecule has 3 aromatic rings. The van der Waals surface area contributed by atoms with Crippen LogP contribution in [0.4, 0.5) is 8.78 Å². The van der Waals surface area contributed by atoms with Crippen LogP contribution in [0.3, 0.4) is 0 Å². The van der Waals surface area contributed by atoms with Gasteiger partial charge in [0.1, 0.15) is 15.6 Å². The molecule has 1 aromatic heterocycles. The number of hydrogen-bond donors (Lipinski definition) is 1. The summed E-state index contributed by atoms with van der Waals surface area (Å²) < 4.78 is 32.1. The Bertz CT molecular complexity index is 953. The average molecular weight is 349 g/mol. The summed E-state index contributed by atoms with van der Waals surface area (Å²) in [7, 11) is 0. The van der Waals surface area contributed by atoms with E-state index in [-0.39, 0.29) is 17.7 Å².